The minimum atomic E-state index is -3.77. The van der Waals surface area contributed by atoms with Crippen LogP contribution in [0.2, 0.25) is 5.02 Å². The molecule has 24 heavy (non-hydrogen) atoms. The van der Waals surface area contributed by atoms with Crippen LogP contribution in [0.3, 0.4) is 0 Å². The monoisotopic (exact) mass is 376 g/mol. The molecular weight excluding hydrogens is 352 g/mol. The van der Waals surface area contributed by atoms with E-state index in [-0.39, 0.29) is 23.1 Å². The molecule has 6 nitrogen and oxygen atoms in total. The van der Waals surface area contributed by atoms with Gasteiger partial charge < -0.3 is 9.64 Å². The molecule has 0 aliphatic rings. The predicted octanol–water partition coefficient (Wildman–Crippen LogP) is 2.67. The van der Waals surface area contributed by atoms with Crippen LogP contribution in [-0.2, 0) is 14.8 Å². The molecule has 0 heterocycles. The number of rotatable bonds is 10. The Hall–Kier alpha value is -1.31. The zero-order valence-electron chi connectivity index (χ0n) is 14.3. The van der Waals surface area contributed by atoms with Crippen LogP contribution in [0.25, 0.3) is 0 Å². The molecule has 1 amide bonds. The van der Waals surface area contributed by atoms with Crippen molar-refractivity contribution in [2.45, 2.75) is 38.0 Å². The lowest BCUT2D eigenvalue weighted by atomic mass is 10.2. The Bertz CT molecular complexity index is 649. The molecule has 0 aliphatic heterocycles. The van der Waals surface area contributed by atoms with E-state index in [4.69, 9.17) is 16.3 Å². The normalized spacial score (nSPS) is 11.3. The molecule has 0 unspecified atom stereocenters. The maximum absolute atomic E-state index is 12.4. The Balaban J connectivity index is 2.71. The standard InChI is InChI=1S/C16H25ClN2O4S/c1-4-5-6-10-19(13(2)20)11-9-18-24(21,22)16-12-14(17)7-8-15(16)23-3/h7-8,12,18H,4-6,9-11H2,1-3H3. The highest BCUT2D eigenvalue weighted by Crippen LogP contribution is 2.26. The van der Waals surface area contributed by atoms with E-state index in [1.807, 2.05) is 0 Å². The van der Waals surface area contributed by atoms with Gasteiger partial charge in [-0.2, -0.15) is 0 Å². The summed E-state index contributed by atoms with van der Waals surface area (Å²) in [5, 5.41) is 0.307. The summed E-state index contributed by atoms with van der Waals surface area (Å²) in [5.74, 6) is 0.156. The summed E-state index contributed by atoms with van der Waals surface area (Å²) < 4.78 is 32.4. The van der Waals surface area contributed by atoms with Crippen LogP contribution >= 0.6 is 11.6 Å². The number of methoxy groups -OCH3 is 1. The zero-order chi connectivity index (χ0) is 18.2. The molecule has 0 aliphatic carbocycles. The molecule has 136 valence electrons. The Labute approximate surface area is 149 Å². The SMILES string of the molecule is CCCCCN(CCNS(=O)(=O)c1cc(Cl)ccc1OC)C(C)=O. The Kier molecular flexibility index (Phi) is 8.52. The first-order valence-electron chi connectivity index (χ1n) is 7.90. The molecule has 0 fully saturated rings. The number of halogens is 1. The number of ether oxygens (including phenoxy) is 1. The van der Waals surface area contributed by atoms with Gasteiger partial charge in [0.25, 0.3) is 0 Å². The van der Waals surface area contributed by atoms with Crippen molar-refractivity contribution < 1.29 is 17.9 Å². The van der Waals surface area contributed by atoms with Gasteiger partial charge in [0.15, 0.2) is 0 Å². The third-order valence-electron chi connectivity index (χ3n) is 3.57. The first-order valence-corrected chi connectivity index (χ1v) is 9.76. The molecule has 0 radical (unpaired) electrons. The second-order valence-corrected chi connectivity index (χ2v) is 7.58. The summed E-state index contributed by atoms with van der Waals surface area (Å²) >= 11 is 5.88. The summed E-state index contributed by atoms with van der Waals surface area (Å²) in [6, 6.07) is 4.40. The van der Waals surface area contributed by atoms with E-state index in [1.165, 1.54) is 26.2 Å². The molecule has 0 saturated carbocycles. The average Bonchev–Trinajstić information content (AvgIpc) is 2.53. The van der Waals surface area contributed by atoms with Crippen molar-refractivity contribution in [1.82, 2.24) is 9.62 Å². The van der Waals surface area contributed by atoms with E-state index >= 15 is 0 Å². The minimum Gasteiger partial charge on any atom is -0.495 e. The quantitative estimate of drug-likeness (QED) is 0.637. The number of unbranched alkanes of at least 4 members (excludes halogenated alkanes) is 2. The summed E-state index contributed by atoms with van der Waals surface area (Å²) in [4.78, 5) is 13.3. The maximum atomic E-state index is 12.4. The number of carbonyl (C=O) groups excluding carboxylic acids is 1. The number of sulfonamides is 1. The first kappa shape index (κ1) is 20.7. The molecule has 0 saturated heterocycles. The molecule has 1 N–H and O–H groups in total. The number of carbonyl (C=O) groups is 1. The smallest absolute Gasteiger partial charge is 0.244 e. The Morgan fingerprint density at radius 1 is 1.29 bits per heavy atom. The third kappa shape index (κ3) is 6.30. The lowest BCUT2D eigenvalue weighted by Gasteiger charge is -2.21. The zero-order valence-corrected chi connectivity index (χ0v) is 15.9. The molecule has 1 aromatic rings. The second kappa shape index (κ2) is 9.86. The average molecular weight is 377 g/mol. The van der Waals surface area contributed by atoms with Gasteiger partial charge in [-0.3, -0.25) is 4.79 Å². The molecule has 8 heteroatoms. The summed E-state index contributed by atoms with van der Waals surface area (Å²) in [5.41, 5.74) is 0. The van der Waals surface area contributed by atoms with E-state index in [9.17, 15) is 13.2 Å². The van der Waals surface area contributed by atoms with Gasteiger partial charge in [-0.15, -0.1) is 0 Å². The third-order valence-corrected chi connectivity index (χ3v) is 5.28. The molecular formula is C16H25ClN2O4S. The number of benzene rings is 1. The highest BCUT2D eigenvalue weighted by molar-refractivity contribution is 7.89. The van der Waals surface area contributed by atoms with E-state index in [0.29, 0.717) is 18.1 Å². The van der Waals surface area contributed by atoms with E-state index in [0.717, 1.165) is 19.3 Å². The molecule has 0 atom stereocenters. The highest BCUT2D eigenvalue weighted by atomic mass is 35.5. The van der Waals surface area contributed by atoms with Crippen molar-refractivity contribution in [2.75, 3.05) is 26.7 Å². The van der Waals surface area contributed by atoms with Gasteiger partial charge in [0.05, 0.1) is 7.11 Å². The van der Waals surface area contributed by atoms with Gasteiger partial charge in [-0.1, -0.05) is 31.4 Å². The van der Waals surface area contributed by atoms with Crippen molar-refractivity contribution in [1.29, 1.82) is 0 Å². The fourth-order valence-corrected chi connectivity index (χ4v) is 3.68. The van der Waals surface area contributed by atoms with Crippen LogP contribution in [0, 0.1) is 0 Å². The van der Waals surface area contributed by atoms with Crippen LogP contribution < -0.4 is 9.46 Å². The van der Waals surface area contributed by atoms with Crippen molar-refractivity contribution in [3.63, 3.8) is 0 Å². The van der Waals surface area contributed by atoms with Crippen molar-refractivity contribution in [3.05, 3.63) is 23.2 Å². The van der Waals surface area contributed by atoms with Gasteiger partial charge in [0, 0.05) is 31.6 Å². The molecule has 1 aromatic carbocycles. The molecule has 0 spiro atoms. The van der Waals surface area contributed by atoms with E-state index < -0.39 is 10.0 Å². The van der Waals surface area contributed by atoms with Crippen LogP contribution in [0.15, 0.2) is 23.1 Å². The first-order chi connectivity index (χ1) is 11.3. The Morgan fingerprint density at radius 3 is 2.58 bits per heavy atom. The van der Waals surface area contributed by atoms with Gasteiger partial charge in [0.1, 0.15) is 10.6 Å². The van der Waals surface area contributed by atoms with E-state index in [1.54, 1.807) is 11.0 Å². The van der Waals surface area contributed by atoms with Crippen molar-refractivity contribution in [2.24, 2.45) is 0 Å². The van der Waals surface area contributed by atoms with Crippen LogP contribution in [-0.4, -0.2) is 46.0 Å². The second-order valence-electron chi connectivity index (χ2n) is 5.41. The molecule has 0 bridgehead atoms. The lowest BCUT2D eigenvalue weighted by Crippen LogP contribution is -2.38. The lowest BCUT2D eigenvalue weighted by molar-refractivity contribution is -0.128. The van der Waals surface area contributed by atoms with Gasteiger partial charge in [-0.05, 0) is 24.6 Å². The maximum Gasteiger partial charge on any atom is 0.244 e. The summed E-state index contributed by atoms with van der Waals surface area (Å²) in [7, 11) is -2.37. The van der Waals surface area contributed by atoms with Crippen molar-refractivity contribution in [3.8, 4) is 5.75 Å². The number of hydrogen-bond acceptors (Lipinski definition) is 4. The molecule has 0 aromatic heterocycles. The summed E-state index contributed by atoms with van der Waals surface area (Å²) in [6.45, 7) is 4.65. The number of nitrogens with zero attached hydrogens (tertiary/aromatic N) is 1. The fourth-order valence-electron chi connectivity index (χ4n) is 2.23. The minimum absolute atomic E-state index is 0.0159. The van der Waals surface area contributed by atoms with Crippen molar-refractivity contribution >= 4 is 27.5 Å². The molecule has 1 rings (SSSR count). The van der Waals surface area contributed by atoms with Gasteiger partial charge in [-0.25, -0.2) is 13.1 Å². The van der Waals surface area contributed by atoms with Crippen LogP contribution in [0.1, 0.15) is 33.1 Å². The van der Waals surface area contributed by atoms with Gasteiger partial charge in [0.2, 0.25) is 15.9 Å². The number of amides is 1. The topological polar surface area (TPSA) is 75.7 Å². The van der Waals surface area contributed by atoms with Crippen LogP contribution in [0.4, 0.5) is 0 Å². The predicted molar refractivity (Wildman–Crippen MR) is 95.0 cm³/mol. The van der Waals surface area contributed by atoms with Crippen LogP contribution in [0.5, 0.6) is 5.75 Å². The van der Waals surface area contributed by atoms with E-state index in [2.05, 4.69) is 11.6 Å². The summed E-state index contributed by atoms with van der Waals surface area (Å²) in [6.07, 6.45) is 3.01. The largest absolute Gasteiger partial charge is 0.495 e. The van der Waals surface area contributed by atoms with Gasteiger partial charge >= 0.3 is 0 Å². The highest BCUT2D eigenvalue weighted by Gasteiger charge is 2.20. The Morgan fingerprint density at radius 2 is 2.00 bits per heavy atom. The number of nitrogens with one attached hydrogen (secondary N) is 1. The fraction of sp³-hybridized carbons (Fsp3) is 0.562. The number of hydrogen-bond donors (Lipinski definition) is 1.